The smallest absolute Gasteiger partial charge is 0.227 e. The number of benzene rings is 2. The van der Waals surface area contributed by atoms with E-state index in [0.29, 0.717) is 18.9 Å². The third-order valence-corrected chi connectivity index (χ3v) is 3.73. The molecule has 0 atom stereocenters. The second-order valence-electron chi connectivity index (χ2n) is 5.58. The minimum Gasteiger partial charge on any atom is -0.356 e. The quantitative estimate of drug-likeness (QED) is 0.718. The fraction of sp³-hybridized carbons (Fsp3) is 0.211. The van der Waals surface area contributed by atoms with Crippen molar-refractivity contribution in [1.82, 2.24) is 15.5 Å². The Morgan fingerprint density at radius 2 is 1.80 bits per heavy atom. The summed E-state index contributed by atoms with van der Waals surface area (Å²) in [6.07, 6.45) is 1.34. The van der Waals surface area contributed by atoms with Gasteiger partial charge in [0.05, 0.1) is 5.56 Å². The molecule has 1 amide bonds. The summed E-state index contributed by atoms with van der Waals surface area (Å²) in [6, 6.07) is 16.2. The zero-order valence-corrected chi connectivity index (χ0v) is 13.6. The first-order valence-corrected chi connectivity index (χ1v) is 8.10. The highest BCUT2D eigenvalue weighted by atomic mass is 19.1. The molecule has 6 heteroatoms. The molecular formula is C19H18FN3O2. The van der Waals surface area contributed by atoms with Crippen LogP contribution < -0.4 is 5.32 Å². The van der Waals surface area contributed by atoms with Crippen LogP contribution in [0.15, 0.2) is 59.1 Å². The van der Waals surface area contributed by atoms with E-state index < -0.39 is 5.82 Å². The minimum absolute atomic E-state index is 0.0819. The maximum Gasteiger partial charge on any atom is 0.227 e. The Morgan fingerprint density at radius 1 is 1.04 bits per heavy atom. The minimum atomic E-state index is -0.409. The molecule has 0 saturated heterocycles. The molecule has 0 aliphatic rings. The molecule has 0 spiro atoms. The number of amides is 1. The lowest BCUT2D eigenvalue weighted by Gasteiger charge is -2.04. The van der Waals surface area contributed by atoms with Gasteiger partial charge in [0.25, 0.3) is 0 Å². The summed E-state index contributed by atoms with van der Waals surface area (Å²) >= 11 is 0. The molecule has 0 bridgehead atoms. The number of rotatable bonds is 7. The van der Waals surface area contributed by atoms with Gasteiger partial charge in [-0.05, 0) is 24.1 Å². The summed E-state index contributed by atoms with van der Waals surface area (Å²) in [5.74, 6) is 0.0177. The number of nitrogens with one attached hydrogen (secondary N) is 1. The average Bonchev–Trinajstić information content (AvgIpc) is 3.10. The Hall–Kier alpha value is -3.02. The summed E-state index contributed by atoms with van der Waals surface area (Å²) in [7, 11) is 0. The van der Waals surface area contributed by atoms with E-state index in [2.05, 4.69) is 15.5 Å². The molecule has 0 radical (unpaired) electrons. The molecular weight excluding hydrogens is 321 g/mol. The molecule has 1 heterocycles. The van der Waals surface area contributed by atoms with Crippen LogP contribution >= 0.6 is 0 Å². The standard InChI is InChI=1S/C19H18FN3O2/c20-16-9-5-4-8-15(16)19-22-18(25-23-19)11-10-17(24)21-13-12-14-6-2-1-3-7-14/h1-9H,10-13H2,(H,21,24). The van der Waals surface area contributed by atoms with E-state index in [0.717, 1.165) is 6.42 Å². The summed E-state index contributed by atoms with van der Waals surface area (Å²) in [5, 5.41) is 6.63. The molecule has 1 aromatic heterocycles. The van der Waals surface area contributed by atoms with E-state index in [9.17, 15) is 9.18 Å². The lowest BCUT2D eigenvalue weighted by atomic mass is 10.1. The molecule has 3 rings (SSSR count). The van der Waals surface area contributed by atoms with Gasteiger partial charge in [-0.3, -0.25) is 4.79 Å². The SMILES string of the molecule is O=C(CCc1nc(-c2ccccc2F)no1)NCCc1ccccc1. The molecule has 25 heavy (non-hydrogen) atoms. The predicted octanol–water partition coefficient (Wildman–Crippen LogP) is 3.17. The second-order valence-corrected chi connectivity index (χ2v) is 5.58. The Morgan fingerprint density at radius 3 is 2.60 bits per heavy atom. The Labute approximate surface area is 144 Å². The van der Waals surface area contributed by atoms with Crippen molar-refractivity contribution in [2.75, 3.05) is 6.54 Å². The third kappa shape index (κ3) is 4.73. The van der Waals surface area contributed by atoms with Gasteiger partial charge >= 0.3 is 0 Å². The van der Waals surface area contributed by atoms with Crippen LogP contribution in [0.2, 0.25) is 0 Å². The first-order chi connectivity index (χ1) is 12.2. The van der Waals surface area contributed by atoms with E-state index in [4.69, 9.17) is 4.52 Å². The molecule has 1 N–H and O–H groups in total. The van der Waals surface area contributed by atoms with Crippen molar-refractivity contribution < 1.29 is 13.7 Å². The van der Waals surface area contributed by atoms with E-state index in [-0.39, 0.29) is 23.7 Å². The zero-order valence-electron chi connectivity index (χ0n) is 13.6. The van der Waals surface area contributed by atoms with Crippen molar-refractivity contribution in [1.29, 1.82) is 0 Å². The number of aryl methyl sites for hydroxylation is 1. The van der Waals surface area contributed by atoms with Crippen LogP contribution in [-0.2, 0) is 17.6 Å². The van der Waals surface area contributed by atoms with E-state index >= 15 is 0 Å². The van der Waals surface area contributed by atoms with Crippen LogP contribution in [0, 0.1) is 5.82 Å². The first-order valence-electron chi connectivity index (χ1n) is 8.10. The van der Waals surface area contributed by atoms with Gasteiger partial charge in [-0.2, -0.15) is 4.98 Å². The summed E-state index contributed by atoms with van der Waals surface area (Å²) in [4.78, 5) is 16.0. The second kappa shape index (κ2) is 8.19. The van der Waals surface area contributed by atoms with Crippen molar-refractivity contribution in [3.05, 3.63) is 71.9 Å². The number of nitrogens with zero attached hydrogens (tertiary/aromatic N) is 2. The molecule has 3 aromatic rings. The largest absolute Gasteiger partial charge is 0.356 e. The van der Waals surface area contributed by atoms with Crippen molar-refractivity contribution >= 4 is 5.91 Å². The van der Waals surface area contributed by atoms with Gasteiger partial charge in [-0.1, -0.05) is 47.6 Å². The van der Waals surface area contributed by atoms with Crippen LogP contribution in [0.3, 0.4) is 0 Å². The molecule has 0 unspecified atom stereocenters. The van der Waals surface area contributed by atoms with Crippen LogP contribution in [0.4, 0.5) is 4.39 Å². The number of carbonyl (C=O) groups is 1. The Bertz CT molecular complexity index is 833. The van der Waals surface area contributed by atoms with Crippen LogP contribution in [0.25, 0.3) is 11.4 Å². The van der Waals surface area contributed by atoms with E-state index in [1.807, 2.05) is 30.3 Å². The van der Waals surface area contributed by atoms with Gasteiger partial charge in [0.2, 0.25) is 17.6 Å². The summed E-state index contributed by atoms with van der Waals surface area (Å²) < 4.78 is 18.8. The van der Waals surface area contributed by atoms with Crippen molar-refractivity contribution in [3.8, 4) is 11.4 Å². The molecule has 128 valence electrons. The van der Waals surface area contributed by atoms with Crippen molar-refractivity contribution in [3.63, 3.8) is 0 Å². The van der Waals surface area contributed by atoms with Gasteiger partial charge in [0.15, 0.2) is 0 Å². The van der Waals surface area contributed by atoms with Gasteiger partial charge in [0.1, 0.15) is 5.82 Å². The van der Waals surface area contributed by atoms with Crippen LogP contribution in [0.5, 0.6) is 0 Å². The summed E-state index contributed by atoms with van der Waals surface area (Å²) in [5.41, 5.74) is 1.46. The number of carbonyl (C=O) groups excluding carboxylic acids is 1. The molecule has 2 aromatic carbocycles. The maximum atomic E-state index is 13.7. The van der Waals surface area contributed by atoms with Gasteiger partial charge in [-0.15, -0.1) is 0 Å². The van der Waals surface area contributed by atoms with Crippen molar-refractivity contribution in [2.45, 2.75) is 19.3 Å². The van der Waals surface area contributed by atoms with Gasteiger partial charge in [-0.25, -0.2) is 4.39 Å². The Kier molecular flexibility index (Phi) is 5.51. The lowest BCUT2D eigenvalue weighted by molar-refractivity contribution is -0.121. The van der Waals surface area contributed by atoms with E-state index in [1.54, 1.807) is 18.2 Å². The van der Waals surface area contributed by atoms with Gasteiger partial charge < -0.3 is 9.84 Å². The zero-order chi connectivity index (χ0) is 17.5. The molecule has 0 aliphatic carbocycles. The lowest BCUT2D eigenvalue weighted by Crippen LogP contribution is -2.25. The van der Waals surface area contributed by atoms with Crippen LogP contribution in [0.1, 0.15) is 17.9 Å². The number of hydrogen-bond acceptors (Lipinski definition) is 4. The fourth-order valence-corrected chi connectivity index (χ4v) is 2.41. The molecule has 0 fully saturated rings. The highest BCUT2D eigenvalue weighted by Crippen LogP contribution is 2.19. The number of aromatic nitrogens is 2. The Balaban J connectivity index is 1.46. The third-order valence-electron chi connectivity index (χ3n) is 3.73. The van der Waals surface area contributed by atoms with E-state index in [1.165, 1.54) is 11.6 Å². The molecule has 5 nitrogen and oxygen atoms in total. The molecule has 0 aliphatic heterocycles. The highest BCUT2D eigenvalue weighted by Gasteiger charge is 2.13. The normalized spacial score (nSPS) is 10.6. The number of hydrogen-bond donors (Lipinski definition) is 1. The summed E-state index contributed by atoms with van der Waals surface area (Å²) in [6.45, 7) is 0.577. The first kappa shape index (κ1) is 16.8. The van der Waals surface area contributed by atoms with Gasteiger partial charge in [0, 0.05) is 19.4 Å². The van der Waals surface area contributed by atoms with Crippen molar-refractivity contribution in [2.24, 2.45) is 0 Å². The average molecular weight is 339 g/mol. The predicted molar refractivity (Wildman–Crippen MR) is 91.2 cm³/mol. The topological polar surface area (TPSA) is 68.0 Å². The molecule has 0 saturated carbocycles. The fourth-order valence-electron chi connectivity index (χ4n) is 2.41. The monoisotopic (exact) mass is 339 g/mol. The maximum absolute atomic E-state index is 13.7. The van der Waals surface area contributed by atoms with Crippen LogP contribution in [-0.4, -0.2) is 22.6 Å². The number of halogens is 1. The highest BCUT2D eigenvalue weighted by molar-refractivity contribution is 5.76.